The highest BCUT2D eigenvalue weighted by atomic mass is 32.3. The van der Waals surface area contributed by atoms with E-state index in [1.807, 2.05) is 0 Å². The number of hydrogen-bond donors (Lipinski definition) is 2. The summed E-state index contributed by atoms with van der Waals surface area (Å²) in [6.45, 7) is 12.9. The van der Waals surface area contributed by atoms with Crippen LogP contribution in [0.25, 0.3) is 0 Å². The molecule has 31 heavy (non-hydrogen) atoms. The van der Waals surface area contributed by atoms with Crippen molar-refractivity contribution in [2.45, 2.75) is 13.8 Å². The first-order valence-corrected chi connectivity index (χ1v) is 10.7. The van der Waals surface area contributed by atoms with Gasteiger partial charge in [0, 0.05) is 10.4 Å². The average Bonchev–Trinajstić information content (AvgIpc) is 2.62. The number of rotatable bonds is 10. The zero-order valence-electron chi connectivity index (χ0n) is 18.7. The van der Waals surface area contributed by atoms with Gasteiger partial charge in [-0.2, -0.15) is 9.59 Å². The van der Waals surface area contributed by atoms with Crippen molar-refractivity contribution >= 4 is 22.6 Å². The molecule has 0 radical (unpaired) electrons. The first-order chi connectivity index (χ1) is 14.2. The number of carbonyl (C=O) groups is 2. The van der Waals surface area contributed by atoms with E-state index in [1.54, 1.807) is 40.1 Å². The van der Waals surface area contributed by atoms with E-state index < -0.39 is 10.4 Å². The van der Waals surface area contributed by atoms with Crippen LogP contribution in [0.2, 0.25) is 0 Å². The van der Waals surface area contributed by atoms with Crippen LogP contribution in [0.5, 0.6) is 0 Å². The summed E-state index contributed by atoms with van der Waals surface area (Å²) in [6, 6.07) is 0. The summed E-state index contributed by atoms with van der Waals surface area (Å²) in [5.41, 5.74) is 0. The highest BCUT2D eigenvalue weighted by molar-refractivity contribution is 7.79. The quantitative estimate of drug-likeness (QED) is 0.193. The van der Waals surface area contributed by atoms with Gasteiger partial charge in [0.2, 0.25) is 0 Å². The Morgan fingerprint density at radius 3 is 1.29 bits per heavy atom. The molecule has 0 fully saturated rings. The normalized spacial score (nSPS) is 14.2. The van der Waals surface area contributed by atoms with E-state index >= 15 is 0 Å². The molecule has 13 heteroatoms. The van der Waals surface area contributed by atoms with E-state index in [2.05, 4.69) is 13.2 Å². The summed E-state index contributed by atoms with van der Waals surface area (Å²) in [5, 5.41) is 17.6. The van der Waals surface area contributed by atoms with Gasteiger partial charge >= 0.3 is 12.2 Å². The third-order valence-corrected chi connectivity index (χ3v) is 3.67. The van der Waals surface area contributed by atoms with Crippen molar-refractivity contribution in [1.82, 2.24) is 0 Å². The summed E-state index contributed by atoms with van der Waals surface area (Å²) in [5.74, 6) is 0. The number of carbonyl (C=O) groups excluding carboxylic acids is 2. The van der Waals surface area contributed by atoms with Gasteiger partial charge in [0.25, 0.3) is 0 Å². The Bertz CT molecular complexity index is 593. The predicted octanol–water partition coefficient (Wildman–Crippen LogP) is 0.198. The van der Waals surface area contributed by atoms with Crippen LogP contribution in [0.4, 0.5) is 9.59 Å². The minimum atomic E-state index is -5.17. The molecule has 0 aliphatic carbocycles. The fourth-order valence-corrected chi connectivity index (χ4v) is 2.08. The number of ether oxygens (including phenoxy) is 2. The Hall–Kier alpha value is -1.87. The molecule has 0 saturated carbocycles. The van der Waals surface area contributed by atoms with Crippen LogP contribution in [0, 0.1) is 0 Å². The molecule has 0 heterocycles. The fourth-order valence-electron chi connectivity index (χ4n) is 2.08. The molecular formula is C18H36N2O10S. The van der Waals surface area contributed by atoms with Gasteiger partial charge in [0.05, 0.1) is 40.5 Å². The molecule has 0 spiro atoms. The lowest BCUT2D eigenvalue weighted by Gasteiger charge is -2.27. The van der Waals surface area contributed by atoms with Crippen LogP contribution in [-0.4, -0.2) is 116 Å². The molecule has 0 aliphatic rings. The molecule has 0 aromatic heterocycles. The number of nitrogens with zero attached hydrogens (tertiary/aromatic N) is 2. The van der Waals surface area contributed by atoms with E-state index in [1.165, 1.54) is 0 Å². The van der Waals surface area contributed by atoms with Crippen molar-refractivity contribution in [2.24, 2.45) is 0 Å². The lowest BCUT2D eigenvalue weighted by atomic mass is 10.4. The van der Waals surface area contributed by atoms with Gasteiger partial charge in [-0.05, 0) is 26.0 Å². The van der Waals surface area contributed by atoms with E-state index in [4.69, 9.17) is 37.2 Å². The first-order valence-electron chi connectivity index (χ1n) is 9.35. The number of aliphatic hydroxyl groups excluding tert-OH is 2. The van der Waals surface area contributed by atoms with Gasteiger partial charge in [-0.25, -0.2) is 8.97 Å². The van der Waals surface area contributed by atoms with Crippen molar-refractivity contribution in [3.63, 3.8) is 0 Å². The van der Waals surface area contributed by atoms with Crippen molar-refractivity contribution in [3.05, 3.63) is 25.3 Å². The van der Waals surface area contributed by atoms with Crippen molar-refractivity contribution < 1.29 is 55.8 Å². The SMILES string of the molecule is C=CC[N+](C)(CCO)C(=O)OCC.C=CC[N+](C)(CCO)C(=O)OCC.O=S(=O)([O-])[O-]. The topological polar surface area (TPSA) is 173 Å². The molecule has 0 aliphatic heterocycles. The van der Waals surface area contributed by atoms with Crippen LogP contribution in [0.1, 0.15) is 13.8 Å². The second kappa shape index (κ2) is 17.8. The zero-order valence-corrected chi connectivity index (χ0v) is 19.5. The van der Waals surface area contributed by atoms with Gasteiger partial charge in [0.15, 0.2) is 0 Å². The molecule has 184 valence electrons. The Balaban J connectivity index is -0.000000416. The maximum absolute atomic E-state index is 11.4. The van der Waals surface area contributed by atoms with E-state index in [0.29, 0.717) is 39.4 Å². The number of quaternary nitrogens is 2. The molecule has 2 amide bonds. The van der Waals surface area contributed by atoms with Crippen LogP contribution >= 0.6 is 0 Å². The van der Waals surface area contributed by atoms with Crippen molar-refractivity contribution in [2.75, 3.05) is 66.7 Å². The van der Waals surface area contributed by atoms with Gasteiger partial charge in [-0.3, -0.25) is 8.42 Å². The van der Waals surface area contributed by atoms with Crippen LogP contribution in [0.15, 0.2) is 25.3 Å². The standard InChI is InChI=1S/2C9H18NO3.H2O4S/c2*1-4-6-10(3,7-8-11)9(12)13-5-2;1-5(2,3)4/h2*4,11H,1,5-8H2,2-3H3;(H2,1,2,3,4)/q2*+1;/p-2. The number of likely N-dealkylation sites (N-methyl/N-ethyl adjacent to an activating group) is 2. The molecule has 2 unspecified atom stereocenters. The van der Waals surface area contributed by atoms with Gasteiger partial charge < -0.3 is 28.8 Å². The molecule has 12 nitrogen and oxygen atoms in total. The zero-order chi connectivity index (χ0) is 25.1. The second-order valence-corrected chi connectivity index (χ2v) is 7.25. The molecule has 0 saturated heterocycles. The summed E-state index contributed by atoms with van der Waals surface area (Å²) < 4.78 is 44.0. The monoisotopic (exact) mass is 472 g/mol. The molecule has 2 N–H and O–H groups in total. The Morgan fingerprint density at radius 1 is 0.871 bits per heavy atom. The number of hydrogen-bond acceptors (Lipinski definition) is 10. The second-order valence-electron chi connectivity index (χ2n) is 6.43. The molecule has 0 bridgehead atoms. The molecule has 0 aromatic carbocycles. The summed E-state index contributed by atoms with van der Waals surface area (Å²) >= 11 is 0. The third kappa shape index (κ3) is 18.6. The first kappa shape index (κ1) is 33.8. The van der Waals surface area contributed by atoms with E-state index in [0.717, 1.165) is 0 Å². The fraction of sp³-hybridized carbons (Fsp3) is 0.667. The predicted molar refractivity (Wildman–Crippen MR) is 111 cm³/mol. The van der Waals surface area contributed by atoms with Crippen molar-refractivity contribution in [3.8, 4) is 0 Å². The lowest BCUT2D eigenvalue weighted by Crippen LogP contribution is -2.51. The maximum atomic E-state index is 11.4. The maximum Gasteiger partial charge on any atom is 0.516 e. The van der Waals surface area contributed by atoms with E-state index in [-0.39, 0.29) is 34.4 Å². The Kier molecular flexibility index (Phi) is 19.4. The number of aliphatic hydroxyl groups is 2. The Morgan fingerprint density at radius 2 is 1.13 bits per heavy atom. The smallest absolute Gasteiger partial charge is 0.516 e. The van der Waals surface area contributed by atoms with Gasteiger partial charge in [-0.1, -0.05) is 13.2 Å². The summed E-state index contributed by atoms with van der Waals surface area (Å²) in [4.78, 5) is 22.9. The third-order valence-electron chi connectivity index (χ3n) is 3.67. The average molecular weight is 473 g/mol. The van der Waals surface area contributed by atoms with Crippen LogP contribution in [-0.2, 0) is 19.9 Å². The highest BCUT2D eigenvalue weighted by Crippen LogP contribution is 2.06. The Labute approximate surface area is 184 Å². The minimum absolute atomic E-state index is 0.0385. The van der Waals surface area contributed by atoms with Crippen molar-refractivity contribution in [1.29, 1.82) is 0 Å². The highest BCUT2D eigenvalue weighted by Gasteiger charge is 2.32. The largest absolute Gasteiger partial charge is 0.759 e. The molecule has 2 atom stereocenters. The lowest BCUT2D eigenvalue weighted by molar-refractivity contribution is -0.832. The minimum Gasteiger partial charge on any atom is -0.759 e. The van der Waals surface area contributed by atoms with E-state index in [9.17, 15) is 9.59 Å². The summed E-state index contributed by atoms with van der Waals surface area (Å²) in [6.07, 6.45) is 2.65. The summed E-state index contributed by atoms with van der Waals surface area (Å²) in [7, 11) is -1.73. The molecular weight excluding hydrogens is 436 g/mol. The number of amides is 2. The molecule has 0 aromatic rings. The van der Waals surface area contributed by atoms with Gasteiger partial charge in [-0.15, -0.1) is 0 Å². The van der Waals surface area contributed by atoms with Gasteiger partial charge in [0.1, 0.15) is 26.2 Å². The molecule has 0 rings (SSSR count). The van der Waals surface area contributed by atoms with Crippen LogP contribution in [0.3, 0.4) is 0 Å². The van der Waals surface area contributed by atoms with Crippen LogP contribution < -0.4 is 0 Å².